The topological polar surface area (TPSA) is 49.4 Å². The van der Waals surface area contributed by atoms with Crippen LogP contribution in [0.15, 0.2) is 47.4 Å². The molecular weight excluding hydrogens is 454 g/mol. The number of hydrogen-bond acceptors (Lipinski definition) is 4. The van der Waals surface area contributed by atoms with Crippen LogP contribution in [0.25, 0.3) is 6.08 Å². The van der Waals surface area contributed by atoms with Gasteiger partial charge >= 0.3 is 0 Å². The number of halogens is 3. The van der Waals surface area contributed by atoms with Crippen molar-refractivity contribution in [3.63, 3.8) is 0 Å². The highest BCUT2D eigenvalue weighted by atomic mass is 35.5. The van der Waals surface area contributed by atoms with Gasteiger partial charge in [0, 0.05) is 23.7 Å². The van der Waals surface area contributed by atoms with E-state index in [1.54, 1.807) is 12.1 Å². The summed E-state index contributed by atoms with van der Waals surface area (Å²) in [5.74, 6) is -1.01. The summed E-state index contributed by atoms with van der Waals surface area (Å²) < 4.78 is 13.6. The minimum atomic E-state index is -0.552. The maximum atomic E-state index is 13.2. The molecule has 1 saturated heterocycles. The molecule has 0 bridgehead atoms. The summed E-state index contributed by atoms with van der Waals surface area (Å²) in [4.78, 5) is 26.7. The third kappa shape index (κ3) is 5.57. The molecule has 2 aromatic rings. The summed E-state index contributed by atoms with van der Waals surface area (Å²) in [7, 11) is 0. The molecule has 4 nitrogen and oxygen atoms in total. The average molecular weight is 469 g/mol. The number of thiocarbonyl (C=S) groups is 1. The second kappa shape index (κ2) is 9.71. The van der Waals surface area contributed by atoms with E-state index in [4.69, 9.17) is 35.4 Å². The van der Waals surface area contributed by atoms with E-state index in [-0.39, 0.29) is 23.3 Å². The second-order valence-electron chi connectivity index (χ2n) is 6.14. The molecule has 0 radical (unpaired) electrons. The Balaban J connectivity index is 1.54. The molecule has 9 heteroatoms. The lowest BCUT2D eigenvalue weighted by molar-refractivity contribution is -0.122. The molecule has 0 saturated carbocycles. The third-order valence-electron chi connectivity index (χ3n) is 4.05. The van der Waals surface area contributed by atoms with Gasteiger partial charge in [0.15, 0.2) is 0 Å². The number of benzene rings is 2. The maximum absolute atomic E-state index is 13.2. The third-order valence-corrected chi connectivity index (χ3v) is 6.07. The predicted octanol–water partition coefficient (Wildman–Crippen LogP) is 5.75. The van der Waals surface area contributed by atoms with Crippen LogP contribution in [0.4, 0.5) is 10.1 Å². The van der Waals surface area contributed by atoms with Gasteiger partial charge in [-0.25, -0.2) is 4.39 Å². The van der Waals surface area contributed by atoms with Crippen LogP contribution in [0.3, 0.4) is 0 Å². The Morgan fingerprint density at radius 2 is 1.97 bits per heavy atom. The Hall–Kier alpha value is -1.93. The molecule has 3 rings (SSSR count). The van der Waals surface area contributed by atoms with Crippen molar-refractivity contribution >= 4 is 75.1 Å². The zero-order chi connectivity index (χ0) is 21.0. The number of anilines is 1. The first-order chi connectivity index (χ1) is 13.8. The molecule has 0 unspecified atom stereocenters. The first-order valence-corrected chi connectivity index (χ1v) is 10.6. The Morgan fingerprint density at radius 3 is 2.69 bits per heavy atom. The average Bonchev–Trinajstić information content (AvgIpc) is 2.94. The molecule has 1 heterocycles. The molecule has 0 aromatic heterocycles. The van der Waals surface area contributed by atoms with Crippen molar-refractivity contribution in [3.05, 3.63) is 68.8 Å². The Bertz CT molecular complexity index is 1010. The number of hydrogen-bond donors (Lipinski definition) is 1. The second-order valence-corrected chi connectivity index (χ2v) is 8.63. The largest absolute Gasteiger partial charge is 0.326 e. The van der Waals surface area contributed by atoms with Gasteiger partial charge in [0.25, 0.3) is 5.91 Å². The molecule has 0 aliphatic carbocycles. The van der Waals surface area contributed by atoms with Gasteiger partial charge in [-0.1, -0.05) is 65.4 Å². The fourth-order valence-electron chi connectivity index (χ4n) is 2.62. The van der Waals surface area contributed by atoms with Gasteiger partial charge in [0.05, 0.1) is 9.93 Å². The maximum Gasteiger partial charge on any atom is 0.266 e. The van der Waals surface area contributed by atoms with Crippen LogP contribution in [0, 0.1) is 5.82 Å². The van der Waals surface area contributed by atoms with Crippen LogP contribution in [-0.4, -0.2) is 27.6 Å². The lowest BCUT2D eigenvalue weighted by Crippen LogP contribution is -2.29. The summed E-state index contributed by atoms with van der Waals surface area (Å²) in [5.41, 5.74) is 1.15. The number of amides is 2. The lowest BCUT2D eigenvalue weighted by atomic mass is 10.2. The van der Waals surface area contributed by atoms with Crippen molar-refractivity contribution < 1.29 is 14.0 Å². The first kappa shape index (κ1) is 21.8. The fraction of sp³-hybridized carbons (Fsp3) is 0.150. The van der Waals surface area contributed by atoms with Crippen LogP contribution in [0.1, 0.15) is 18.4 Å². The highest BCUT2D eigenvalue weighted by molar-refractivity contribution is 8.26. The summed E-state index contributed by atoms with van der Waals surface area (Å²) in [5, 5.41) is 3.13. The zero-order valence-electron chi connectivity index (χ0n) is 15.0. The highest BCUT2D eigenvalue weighted by Crippen LogP contribution is 2.33. The molecule has 1 aliphatic heterocycles. The normalized spacial score (nSPS) is 15.3. The van der Waals surface area contributed by atoms with Crippen LogP contribution >= 0.6 is 47.2 Å². The van der Waals surface area contributed by atoms with Crippen molar-refractivity contribution in [1.29, 1.82) is 0 Å². The van der Waals surface area contributed by atoms with Gasteiger partial charge in [-0.3, -0.25) is 14.5 Å². The molecule has 1 fully saturated rings. The minimum Gasteiger partial charge on any atom is -0.326 e. The van der Waals surface area contributed by atoms with Gasteiger partial charge in [-0.05, 0) is 42.3 Å². The van der Waals surface area contributed by atoms with Crippen molar-refractivity contribution in [2.45, 2.75) is 12.8 Å². The molecule has 29 heavy (non-hydrogen) atoms. The molecular formula is C20H15Cl2FN2O2S2. The Morgan fingerprint density at radius 1 is 1.21 bits per heavy atom. The van der Waals surface area contributed by atoms with E-state index in [9.17, 15) is 14.0 Å². The molecule has 1 aliphatic rings. The van der Waals surface area contributed by atoms with E-state index >= 15 is 0 Å². The quantitative estimate of drug-likeness (QED) is 0.432. The van der Waals surface area contributed by atoms with E-state index in [0.717, 1.165) is 5.56 Å². The van der Waals surface area contributed by atoms with Crippen LogP contribution in [0.5, 0.6) is 0 Å². The molecule has 0 atom stereocenters. The lowest BCUT2D eigenvalue weighted by Gasteiger charge is -2.14. The fourth-order valence-corrected chi connectivity index (χ4v) is 4.29. The Labute approximate surface area is 187 Å². The molecule has 150 valence electrons. The zero-order valence-corrected chi connectivity index (χ0v) is 18.1. The number of carbonyl (C=O) groups is 2. The van der Waals surface area contributed by atoms with Crippen LogP contribution in [0.2, 0.25) is 10.0 Å². The van der Waals surface area contributed by atoms with Gasteiger partial charge in [-0.15, -0.1) is 0 Å². The number of rotatable bonds is 6. The molecule has 2 amide bonds. The highest BCUT2D eigenvalue weighted by Gasteiger charge is 2.31. The van der Waals surface area contributed by atoms with Crippen LogP contribution in [-0.2, 0) is 9.59 Å². The van der Waals surface area contributed by atoms with Crippen molar-refractivity contribution in [1.82, 2.24) is 4.90 Å². The van der Waals surface area contributed by atoms with E-state index in [2.05, 4.69) is 5.32 Å². The SMILES string of the molecule is O=C(CCCN1C(=O)C(=Cc2ccccc2Cl)SC1=S)Nc1ccc(F)c(Cl)c1. The number of thioether (sulfide) groups is 1. The van der Waals surface area contributed by atoms with Gasteiger partial charge in [0.1, 0.15) is 10.1 Å². The Kier molecular flexibility index (Phi) is 7.29. The molecule has 2 aromatic carbocycles. The minimum absolute atomic E-state index is 0.0642. The van der Waals surface area contributed by atoms with E-state index in [1.165, 1.54) is 34.9 Å². The standard InChI is InChI=1S/C20H15Cl2FN2O2S2/c21-14-5-2-1-4-12(14)10-17-19(27)25(20(28)29-17)9-3-6-18(26)24-13-7-8-16(23)15(22)11-13/h1-2,4-5,7-8,10-11H,3,6,9H2,(H,24,26). The van der Waals surface area contributed by atoms with E-state index in [0.29, 0.717) is 32.9 Å². The summed E-state index contributed by atoms with van der Waals surface area (Å²) >= 11 is 18.3. The number of nitrogens with one attached hydrogen (secondary N) is 1. The van der Waals surface area contributed by atoms with Gasteiger partial charge in [-0.2, -0.15) is 0 Å². The van der Waals surface area contributed by atoms with Gasteiger partial charge < -0.3 is 5.32 Å². The smallest absolute Gasteiger partial charge is 0.266 e. The van der Waals surface area contributed by atoms with E-state index < -0.39 is 5.82 Å². The summed E-state index contributed by atoms with van der Waals surface area (Å²) in [6.45, 7) is 0.322. The predicted molar refractivity (Wildman–Crippen MR) is 121 cm³/mol. The molecule has 0 spiro atoms. The summed E-state index contributed by atoms with van der Waals surface area (Å²) in [6, 6.07) is 11.2. The summed E-state index contributed by atoms with van der Waals surface area (Å²) in [6.07, 6.45) is 2.31. The number of nitrogens with zero attached hydrogens (tertiary/aromatic N) is 1. The molecule has 1 N–H and O–H groups in total. The monoisotopic (exact) mass is 468 g/mol. The number of carbonyl (C=O) groups excluding carboxylic acids is 2. The van der Waals surface area contributed by atoms with Gasteiger partial charge in [0.2, 0.25) is 5.91 Å². The first-order valence-electron chi connectivity index (χ1n) is 8.60. The van der Waals surface area contributed by atoms with Crippen LogP contribution < -0.4 is 5.32 Å². The van der Waals surface area contributed by atoms with Crippen molar-refractivity contribution in [3.8, 4) is 0 Å². The van der Waals surface area contributed by atoms with E-state index in [1.807, 2.05) is 18.2 Å². The van der Waals surface area contributed by atoms with Crippen molar-refractivity contribution in [2.24, 2.45) is 0 Å². The van der Waals surface area contributed by atoms with Crippen molar-refractivity contribution in [2.75, 3.05) is 11.9 Å².